The van der Waals surface area contributed by atoms with Crippen LogP contribution in [-0.4, -0.2) is 46.0 Å². The summed E-state index contributed by atoms with van der Waals surface area (Å²) in [5.41, 5.74) is 2.44. The smallest absolute Gasteiger partial charge is 0.220 e. The van der Waals surface area contributed by atoms with Crippen molar-refractivity contribution >= 4 is 5.91 Å². The van der Waals surface area contributed by atoms with Crippen LogP contribution in [0.1, 0.15) is 56.0 Å². The molecule has 160 valence electrons. The summed E-state index contributed by atoms with van der Waals surface area (Å²) < 4.78 is 5.30. The first kappa shape index (κ1) is 20.8. The second-order valence-corrected chi connectivity index (χ2v) is 8.46. The van der Waals surface area contributed by atoms with Gasteiger partial charge in [0.15, 0.2) is 0 Å². The minimum Gasteiger partial charge on any atom is -0.497 e. The number of fused-ring (bicyclic) bond motifs is 1. The van der Waals surface area contributed by atoms with Gasteiger partial charge in [0.1, 0.15) is 11.6 Å². The first-order valence-corrected chi connectivity index (χ1v) is 11.1. The Hall–Kier alpha value is -2.47. The molecule has 0 aliphatic carbocycles. The molecule has 1 amide bonds. The molecule has 4 rings (SSSR count). The molecule has 2 fully saturated rings. The van der Waals surface area contributed by atoms with Gasteiger partial charge >= 0.3 is 0 Å². The third-order valence-electron chi connectivity index (χ3n) is 6.46. The molecule has 2 aliphatic rings. The number of nitrogens with one attached hydrogen (secondary N) is 1. The fourth-order valence-electron chi connectivity index (χ4n) is 4.86. The number of carbonyl (C=O) groups is 1. The second-order valence-electron chi connectivity index (χ2n) is 8.46. The largest absolute Gasteiger partial charge is 0.497 e. The van der Waals surface area contributed by atoms with Crippen LogP contribution >= 0.6 is 0 Å². The molecule has 0 spiro atoms. The van der Waals surface area contributed by atoms with Crippen molar-refractivity contribution in [2.75, 3.05) is 7.11 Å². The summed E-state index contributed by atoms with van der Waals surface area (Å²) in [6.45, 7) is 2.89. The van der Waals surface area contributed by atoms with E-state index in [4.69, 9.17) is 4.74 Å². The van der Waals surface area contributed by atoms with Gasteiger partial charge in [-0.2, -0.15) is 0 Å². The predicted octanol–water partition coefficient (Wildman–Crippen LogP) is 3.29. The average Bonchev–Trinajstić information content (AvgIpc) is 3.05. The summed E-state index contributed by atoms with van der Waals surface area (Å²) >= 11 is 0. The highest BCUT2D eigenvalue weighted by Gasteiger charge is 2.41. The Balaban J connectivity index is 1.56. The van der Waals surface area contributed by atoms with Crippen LogP contribution in [0.4, 0.5) is 0 Å². The number of ether oxygens (including phenoxy) is 1. The van der Waals surface area contributed by atoms with Crippen molar-refractivity contribution in [1.29, 1.82) is 0 Å². The van der Waals surface area contributed by atoms with E-state index in [-0.39, 0.29) is 11.9 Å². The molecule has 2 aromatic rings. The summed E-state index contributed by atoms with van der Waals surface area (Å²) in [5.74, 6) is 1.96. The molecule has 30 heavy (non-hydrogen) atoms. The van der Waals surface area contributed by atoms with Crippen molar-refractivity contribution in [2.45, 2.75) is 76.5 Å². The molecule has 1 aromatic carbocycles. The lowest BCUT2D eigenvalue weighted by Crippen LogP contribution is -2.46. The van der Waals surface area contributed by atoms with Gasteiger partial charge in [0.25, 0.3) is 0 Å². The van der Waals surface area contributed by atoms with Crippen LogP contribution in [0, 0.1) is 0 Å². The maximum absolute atomic E-state index is 12.3. The summed E-state index contributed by atoms with van der Waals surface area (Å²) in [6.07, 6.45) is 10.6. The normalized spacial score (nSPS) is 24.6. The van der Waals surface area contributed by atoms with Gasteiger partial charge in [0.05, 0.1) is 7.11 Å². The van der Waals surface area contributed by atoms with Crippen molar-refractivity contribution in [1.82, 2.24) is 20.2 Å². The molecule has 0 unspecified atom stereocenters. The van der Waals surface area contributed by atoms with Gasteiger partial charge in [-0.05, 0) is 43.4 Å². The average molecular weight is 409 g/mol. The van der Waals surface area contributed by atoms with Crippen molar-refractivity contribution < 1.29 is 9.53 Å². The van der Waals surface area contributed by atoms with Gasteiger partial charge in [-0.15, -0.1) is 0 Å². The SMILES string of the molecule is CCc1ncc(CN2[C@H](Cc3ccc(OC)cc3)C[C@@H]3NC(=O)CCCC[C@H]32)cn1. The highest BCUT2D eigenvalue weighted by Crippen LogP contribution is 2.33. The van der Waals surface area contributed by atoms with Crippen molar-refractivity contribution in [3.63, 3.8) is 0 Å². The van der Waals surface area contributed by atoms with E-state index in [1.165, 1.54) is 5.56 Å². The van der Waals surface area contributed by atoms with E-state index in [0.29, 0.717) is 18.5 Å². The number of hydrogen-bond acceptors (Lipinski definition) is 5. The standard InChI is InChI=1S/C24H32N4O2/c1-3-23-25-14-18(15-26-23)16-28-19(12-17-8-10-20(30-2)11-9-17)13-21-22(28)6-4-5-7-24(29)27-21/h8-11,14-15,19,21-22H,3-7,12-13,16H2,1-2H3,(H,27,29)/t19-,21+,22-/m1/s1. The Morgan fingerprint density at radius 2 is 1.90 bits per heavy atom. The maximum Gasteiger partial charge on any atom is 0.220 e. The van der Waals surface area contributed by atoms with Crippen LogP contribution in [0.25, 0.3) is 0 Å². The third-order valence-corrected chi connectivity index (χ3v) is 6.46. The lowest BCUT2D eigenvalue weighted by Gasteiger charge is -2.33. The van der Waals surface area contributed by atoms with Crippen LogP contribution in [-0.2, 0) is 24.2 Å². The number of aromatic nitrogens is 2. The Morgan fingerprint density at radius 1 is 1.13 bits per heavy atom. The number of aryl methyl sites for hydroxylation is 1. The zero-order valence-corrected chi connectivity index (χ0v) is 18.0. The Labute approximate surface area is 179 Å². The minimum atomic E-state index is 0.199. The molecular weight excluding hydrogens is 376 g/mol. The number of amides is 1. The number of methoxy groups -OCH3 is 1. The van der Waals surface area contributed by atoms with Gasteiger partial charge in [-0.1, -0.05) is 25.5 Å². The molecule has 2 saturated heterocycles. The van der Waals surface area contributed by atoms with Crippen LogP contribution in [0.15, 0.2) is 36.7 Å². The molecule has 0 bridgehead atoms. The Bertz CT molecular complexity index is 837. The van der Waals surface area contributed by atoms with Gasteiger partial charge in [0, 0.05) is 55.5 Å². The molecule has 1 aromatic heterocycles. The molecule has 6 heteroatoms. The van der Waals surface area contributed by atoms with Crippen LogP contribution in [0.2, 0.25) is 0 Å². The number of nitrogens with zero attached hydrogens (tertiary/aromatic N) is 3. The number of carbonyl (C=O) groups excluding carboxylic acids is 1. The summed E-state index contributed by atoms with van der Waals surface area (Å²) in [7, 11) is 1.69. The Kier molecular flexibility index (Phi) is 6.62. The van der Waals surface area contributed by atoms with E-state index in [1.54, 1.807) is 7.11 Å². The highest BCUT2D eigenvalue weighted by molar-refractivity contribution is 5.76. The maximum atomic E-state index is 12.3. The molecular formula is C24H32N4O2. The zero-order chi connectivity index (χ0) is 20.9. The van der Waals surface area contributed by atoms with E-state index in [0.717, 1.165) is 62.2 Å². The van der Waals surface area contributed by atoms with Crippen LogP contribution in [0.3, 0.4) is 0 Å². The van der Waals surface area contributed by atoms with Gasteiger partial charge in [-0.3, -0.25) is 9.69 Å². The topological polar surface area (TPSA) is 67.3 Å². The van der Waals surface area contributed by atoms with Crippen molar-refractivity contribution in [3.05, 3.63) is 53.6 Å². The summed E-state index contributed by atoms with van der Waals surface area (Å²) in [5, 5.41) is 3.32. The third kappa shape index (κ3) is 4.81. The van der Waals surface area contributed by atoms with E-state index in [2.05, 4.69) is 39.2 Å². The number of hydrogen-bond donors (Lipinski definition) is 1. The van der Waals surface area contributed by atoms with Crippen LogP contribution in [0.5, 0.6) is 5.75 Å². The van der Waals surface area contributed by atoms with E-state index in [9.17, 15) is 4.79 Å². The second kappa shape index (κ2) is 9.56. The molecule has 0 saturated carbocycles. The monoisotopic (exact) mass is 408 g/mol. The molecule has 2 aliphatic heterocycles. The first-order chi connectivity index (χ1) is 14.7. The quantitative estimate of drug-likeness (QED) is 0.794. The summed E-state index contributed by atoms with van der Waals surface area (Å²) in [4.78, 5) is 23.9. The predicted molar refractivity (Wildman–Crippen MR) is 116 cm³/mol. The highest BCUT2D eigenvalue weighted by atomic mass is 16.5. The van der Waals surface area contributed by atoms with Crippen molar-refractivity contribution in [2.24, 2.45) is 0 Å². The van der Waals surface area contributed by atoms with E-state index < -0.39 is 0 Å². The van der Waals surface area contributed by atoms with E-state index >= 15 is 0 Å². The lowest BCUT2D eigenvalue weighted by molar-refractivity contribution is -0.122. The molecule has 1 N–H and O–H groups in total. The summed E-state index contributed by atoms with van der Waals surface area (Å²) in [6, 6.07) is 9.30. The first-order valence-electron chi connectivity index (χ1n) is 11.1. The van der Waals surface area contributed by atoms with Gasteiger partial charge in [0.2, 0.25) is 5.91 Å². The fourth-order valence-corrected chi connectivity index (χ4v) is 4.86. The number of likely N-dealkylation sites (tertiary alicyclic amines) is 1. The van der Waals surface area contributed by atoms with Gasteiger partial charge in [-0.25, -0.2) is 9.97 Å². The lowest BCUT2D eigenvalue weighted by atomic mass is 9.97. The van der Waals surface area contributed by atoms with Gasteiger partial charge < -0.3 is 10.1 Å². The van der Waals surface area contributed by atoms with E-state index in [1.807, 2.05) is 24.5 Å². The molecule has 6 nitrogen and oxygen atoms in total. The molecule has 3 atom stereocenters. The van der Waals surface area contributed by atoms with Crippen molar-refractivity contribution in [3.8, 4) is 5.75 Å². The molecule has 0 radical (unpaired) electrons. The van der Waals surface area contributed by atoms with Crippen LogP contribution < -0.4 is 10.1 Å². The fraction of sp³-hybridized carbons (Fsp3) is 0.542. The number of rotatable bonds is 6. The zero-order valence-electron chi connectivity index (χ0n) is 18.0. The Morgan fingerprint density at radius 3 is 2.60 bits per heavy atom. The number of benzene rings is 1. The molecule has 3 heterocycles. The minimum absolute atomic E-state index is 0.199.